The Hall–Kier alpha value is -2.15. The van der Waals surface area contributed by atoms with Gasteiger partial charge in [0.15, 0.2) is 5.82 Å². The van der Waals surface area contributed by atoms with Gasteiger partial charge in [-0.05, 0) is 6.07 Å². The molecule has 0 saturated heterocycles. The number of aromatic nitrogens is 3. The standard InChI is InChI=1S/C13H16ClN5O2/c1-7(2)12-18-10(21-19-12)3-4-16-13-9(14)5-8(6-17-13)11(15)20/h5-7H,3-4H2,1-2H3,(H2,15,20)(H,16,17). The summed E-state index contributed by atoms with van der Waals surface area (Å²) < 4.78 is 5.13. The first-order chi connectivity index (χ1) is 9.97. The van der Waals surface area contributed by atoms with Crippen LogP contribution in [0.5, 0.6) is 0 Å². The van der Waals surface area contributed by atoms with Crippen LogP contribution in [0.25, 0.3) is 0 Å². The van der Waals surface area contributed by atoms with Crippen molar-refractivity contribution in [3.05, 3.63) is 34.6 Å². The Labute approximate surface area is 126 Å². The topological polar surface area (TPSA) is 107 Å². The third kappa shape index (κ3) is 3.91. The van der Waals surface area contributed by atoms with E-state index in [0.29, 0.717) is 35.5 Å². The fourth-order valence-electron chi connectivity index (χ4n) is 1.59. The Morgan fingerprint density at radius 1 is 1.52 bits per heavy atom. The number of hydrogen-bond donors (Lipinski definition) is 2. The summed E-state index contributed by atoms with van der Waals surface area (Å²) in [6, 6.07) is 1.47. The van der Waals surface area contributed by atoms with Gasteiger partial charge in [-0.25, -0.2) is 4.98 Å². The van der Waals surface area contributed by atoms with Crippen LogP contribution in [0.2, 0.25) is 5.02 Å². The van der Waals surface area contributed by atoms with Crippen molar-refractivity contribution >= 4 is 23.3 Å². The van der Waals surface area contributed by atoms with Gasteiger partial charge in [-0.1, -0.05) is 30.6 Å². The third-order valence-corrected chi connectivity index (χ3v) is 3.05. The second-order valence-corrected chi connectivity index (χ2v) is 5.20. The van der Waals surface area contributed by atoms with E-state index in [1.54, 1.807) is 0 Å². The molecule has 0 bridgehead atoms. The number of carbonyl (C=O) groups is 1. The van der Waals surface area contributed by atoms with Gasteiger partial charge in [-0.3, -0.25) is 4.79 Å². The van der Waals surface area contributed by atoms with Gasteiger partial charge in [0.25, 0.3) is 0 Å². The largest absolute Gasteiger partial charge is 0.368 e. The predicted octanol–water partition coefficient (Wildman–Crippen LogP) is 1.99. The van der Waals surface area contributed by atoms with Crippen LogP contribution in [-0.4, -0.2) is 27.6 Å². The second-order valence-electron chi connectivity index (χ2n) is 4.80. The van der Waals surface area contributed by atoms with Crippen LogP contribution < -0.4 is 11.1 Å². The van der Waals surface area contributed by atoms with Crippen molar-refractivity contribution in [1.82, 2.24) is 15.1 Å². The molecule has 0 saturated carbocycles. The van der Waals surface area contributed by atoms with E-state index < -0.39 is 5.91 Å². The molecule has 0 aliphatic heterocycles. The molecular weight excluding hydrogens is 294 g/mol. The number of pyridine rings is 1. The molecule has 8 heteroatoms. The summed E-state index contributed by atoms with van der Waals surface area (Å²) in [5.41, 5.74) is 5.42. The molecule has 7 nitrogen and oxygen atoms in total. The molecule has 2 rings (SSSR count). The van der Waals surface area contributed by atoms with Gasteiger partial charge in [-0.15, -0.1) is 0 Å². The molecule has 3 N–H and O–H groups in total. The van der Waals surface area contributed by atoms with Crippen molar-refractivity contribution in [1.29, 1.82) is 0 Å². The number of nitrogens with one attached hydrogen (secondary N) is 1. The maximum absolute atomic E-state index is 11.0. The number of nitrogens with two attached hydrogens (primary N) is 1. The Bertz CT molecular complexity index is 641. The van der Waals surface area contributed by atoms with E-state index in [-0.39, 0.29) is 11.5 Å². The van der Waals surface area contributed by atoms with Gasteiger partial charge < -0.3 is 15.6 Å². The first kappa shape index (κ1) is 15.2. The van der Waals surface area contributed by atoms with Crippen LogP contribution in [-0.2, 0) is 6.42 Å². The highest BCUT2D eigenvalue weighted by atomic mass is 35.5. The minimum absolute atomic E-state index is 0.230. The molecule has 112 valence electrons. The van der Waals surface area contributed by atoms with E-state index >= 15 is 0 Å². The van der Waals surface area contributed by atoms with Crippen LogP contribution in [0, 0.1) is 0 Å². The molecule has 0 radical (unpaired) electrons. The highest BCUT2D eigenvalue weighted by Gasteiger charge is 2.10. The number of hydrogen-bond acceptors (Lipinski definition) is 6. The van der Waals surface area contributed by atoms with Gasteiger partial charge in [0, 0.05) is 25.1 Å². The molecule has 0 unspecified atom stereocenters. The predicted molar refractivity (Wildman–Crippen MR) is 78.3 cm³/mol. The Balaban J connectivity index is 1.92. The molecule has 0 aliphatic carbocycles. The highest BCUT2D eigenvalue weighted by molar-refractivity contribution is 6.33. The van der Waals surface area contributed by atoms with Crippen LogP contribution >= 0.6 is 11.6 Å². The van der Waals surface area contributed by atoms with E-state index in [9.17, 15) is 4.79 Å². The molecule has 0 spiro atoms. The van der Waals surface area contributed by atoms with Gasteiger partial charge in [0.1, 0.15) is 5.82 Å². The lowest BCUT2D eigenvalue weighted by molar-refractivity contribution is 0.1000. The zero-order chi connectivity index (χ0) is 15.4. The summed E-state index contributed by atoms with van der Waals surface area (Å²) in [7, 11) is 0. The Morgan fingerprint density at radius 3 is 2.86 bits per heavy atom. The first-order valence-electron chi connectivity index (χ1n) is 6.49. The van der Waals surface area contributed by atoms with Crippen LogP contribution in [0.4, 0.5) is 5.82 Å². The monoisotopic (exact) mass is 309 g/mol. The van der Waals surface area contributed by atoms with Crippen LogP contribution in [0.15, 0.2) is 16.8 Å². The fraction of sp³-hybridized carbons (Fsp3) is 0.385. The summed E-state index contributed by atoms with van der Waals surface area (Å²) in [6.45, 7) is 4.52. The van der Waals surface area contributed by atoms with Crippen molar-refractivity contribution in [2.45, 2.75) is 26.2 Å². The van der Waals surface area contributed by atoms with Gasteiger partial charge >= 0.3 is 0 Å². The van der Waals surface area contributed by atoms with Crippen molar-refractivity contribution in [3.8, 4) is 0 Å². The minimum atomic E-state index is -0.567. The van der Waals surface area contributed by atoms with Gasteiger partial charge in [-0.2, -0.15) is 4.98 Å². The first-order valence-corrected chi connectivity index (χ1v) is 6.87. The Kier molecular flexibility index (Phi) is 4.74. The normalized spacial score (nSPS) is 10.9. The molecule has 2 heterocycles. The molecule has 0 aliphatic rings. The van der Waals surface area contributed by atoms with Gasteiger partial charge in [0.05, 0.1) is 10.6 Å². The van der Waals surface area contributed by atoms with Crippen molar-refractivity contribution in [3.63, 3.8) is 0 Å². The lowest BCUT2D eigenvalue weighted by atomic mass is 10.2. The van der Waals surface area contributed by atoms with E-state index in [4.69, 9.17) is 21.9 Å². The maximum atomic E-state index is 11.0. The third-order valence-electron chi connectivity index (χ3n) is 2.76. The molecule has 1 amide bonds. The zero-order valence-corrected chi connectivity index (χ0v) is 12.5. The van der Waals surface area contributed by atoms with E-state index in [0.717, 1.165) is 0 Å². The fourth-order valence-corrected chi connectivity index (χ4v) is 1.83. The smallest absolute Gasteiger partial charge is 0.250 e. The second kappa shape index (κ2) is 6.53. The molecule has 0 fully saturated rings. The number of anilines is 1. The lowest BCUT2D eigenvalue weighted by Gasteiger charge is -2.06. The molecule has 0 aromatic carbocycles. The molecule has 0 atom stereocenters. The summed E-state index contributed by atoms with van der Waals surface area (Å²) in [6.07, 6.45) is 1.93. The van der Waals surface area contributed by atoms with E-state index in [1.807, 2.05) is 13.8 Å². The maximum Gasteiger partial charge on any atom is 0.250 e. The number of halogens is 1. The SMILES string of the molecule is CC(C)c1noc(CCNc2ncc(C(N)=O)cc2Cl)n1. The average molecular weight is 310 g/mol. The minimum Gasteiger partial charge on any atom is -0.368 e. The van der Waals surface area contributed by atoms with Crippen LogP contribution in [0.1, 0.15) is 41.8 Å². The summed E-state index contributed by atoms with van der Waals surface area (Å²) in [4.78, 5) is 19.3. The van der Waals surface area contributed by atoms with Crippen molar-refractivity contribution in [2.24, 2.45) is 5.73 Å². The molecule has 2 aromatic heterocycles. The van der Waals surface area contributed by atoms with Crippen molar-refractivity contribution in [2.75, 3.05) is 11.9 Å². The molecule has 2 aromatic rings. The number of nitrogens with zero attached hydrogens (tertiary/aromatic N) is 3. The van der Waals surface area contributed by atoms with E-state index in [2.05, 4.69) is 20.4 Å². The average Bonchev–Trinajstić information content (AvgIpc) is 2.89. The Morgan fingerprint density at radius 2 is 2.29 bits per heavy atom. The summed E-state index contributed by atoms with van der Waals surface area (Å²) >= 11 is 6.02. The molecular formula is C13H16ClN5O2. The lowest BCUT2D eigenvalue weighted by Crippen LogP contribution is -2.12. The van der Waals surface area contributed by atoms with Crippen LogP contribution in [0.3, 0.4) is 0 Å². The number of amides is 1. The van der Waals surface area contributed by atoms with Gasteiger partial charge in [0.2, 0.25) is 11.8 Å². The number of primary amides is 1. The summed E-state index contributed by atoms with van der Waals surface area (Å²) in [5.74, 6) is 1.38. The number of rotatable bonds is 6. The zero-order valence-electron chi connectivity index (χ0n) is 11.8. The van der Waals surface area contributed by atoms with Crippen molar-refractivity contribution < 1.29 is 9.32 Å². The quantitative estimate of drug-likeness (QED) is 0.845. The molecule has 21 heavy (non-hydrogen) atoms. The summed E-state index contributed by atoms with van der Waals surface area (Å²) in [5, 5.41) is 7.26. The van der Waals surface area contributed by atoms with E-state index in [1.165, 1.54) is 12.3 Å². The highest BCUT2D eigenvalue weighted by Crippen LogP contribution is 2.20. The number of carbonyl (C=O) groups excluding carboxylic acids is 1.